The summed E-state index contributed by atoms with van der Waals surface area (Å²) in [6.07, 6.45) is 4.50. The predicted octanol–water partition coefficient (Wildman–Crippen LogP) is 5.00. The Morgan fingerprint density at radius 2 is 1.41 bits per heavy atom. The average molecular weight is 401 g/mol. The number of methoxy groups -OCH3 is 2. The summed E-state index contributed by atoms with van der Waals surface area (Å²) in [6, 6.07) is 10.6. The zero-order valence-electron chi connectivity index (χ0n) is 17.2. The van der Waals surface area contributed by atoms with Crippen LogP contribution in [-0.4, -0.2) is 32.2 Å². The number of likely N-dealkylation sites (tertiary alicyclic amines) is 1. The van der Waals surface area contributed by atoms with E-state index >= 15 is 0 Å². The van der Waals surface area contributed by atoms with Gasteiger partial charge in [0, 0.05) is 6.54 Å². The molecule has 3 nitrogen and oxygen atoms in total. The first-order valence-corrected chi connectivity index (χ1v) is 10.5. The summed E-state index contributed by atoms with van der Waals surface area (Å²) in [4.78, 5) is 2.50. The molecular formula is C24H29F2NO2. The molecule has 0 aromatic heterocycles. The topological polar surface area (TPSA) is 21.7 Å². The lowest BCUT2D eigenvalue weighted by atomic mass is 9.86. The second-order valence-corrected chi connectivity index (χ2v) is 8.37. The summed E-state index contributed by atoms with van der Waals surface area (Å²) in [7, 11) is 2.70. The minimum Gasteiger partial charge on any atom is -0.490 e. The fraction of sp³-hybridized carbons (Fsp3) is 0.500. The number of ether oxygens (including phenoxy) is 2. The summed E-state index contributed by atoms with van der Waals surface area (Å²) in [5, 5.41) is 0. The maximum atomic E-state index is 14.8. The highest BCUT2D eigenvalue weighted by Gasteiger charge is 2.34. The van der Waals surface area contributed by atoms with Crippen molar-refractivity contribution in [2.24, 2.45) is 11.8 Å². The van der Waals surface area contributed by atoms with E-state index in [-0.39, 0.29) is 17.4 Å². The highest BCUT2D eigenvalue weighted by molar-refractivity contribution is 5.52. The number of hydrogen-bond donors (Lipinski definition) is 0. The fourth-order valence-electron chi connectivity index (χ4n) is 5.04. The van der Waals surface area contributed by atoms with Gasteiger partial charge in [0.2, 0.25) is 0 Å². The number of fused-ring (bicyclic) bond motifs is 1. The van der Waals surface area contributed by atoms with Gasteiger partial charge in [0.1, 0.15) is 0 Å². The number of nitrogens with zero attached hydrogens (tertiary/aromatic N) is 1. The first-order chi connectivity index (χ1) is 14.1. The maximum absolute atomic E-state index is 14.8. The summed E-state index contributed by atoms with van der Waals surface area (Å²) in [6.45, 7) is 3.17. The Bertz CT molecular complexity index is 809. The van der Waals surface area contributed by atoms with Gasteiger partial charge >= 0.3 is 0 Å². The van der Waals surface area contributed by atoms with Crippen LogP contribution in [0.2, 0.25) is 0 Å². The van der Waals surface area contributed by atoms with Crippen LogP contribution in [-0.2, 0) is 19.4 Å². The van der Waals surface area contributed by atoms with Crippen molar-refractivity contribution >= 4 is 0 Å². The van der Waals surface area contributed by atoms with Crippen LogP contribution >= 0.6 is 0 Å². The zero-order valence-corrected chi connectivity index (χ0v) is 17.2. The van der Waals surface area contributed by atoms with Gasteiger partial charge in [-0.05, 0) is 73.7 Å². The van der Waals surface area contributed by atoms with Crippen LogP contribution in [0.25, 0.3) is 0 Å². The molecular weight excluding hydrogens is 372 g/mol. The molecule has 0 spiro atoms. The molecule has 0 N–H and O–H groups in total. The van der Waals surface area contributed by atoms with Crippen LogP contribution in [0.3, 0.4) is 0 Å². The van der Waals surface area contributed by atoms with Gasteiger partial charge in [0.15, 0.2) is 23.1 Å². The van der Waals surface area contributed by atoms with E-state index in [4.69, 9.17) is 9.47 Å². The molecule has 0 saturated carbocycles. The minimum absolute atomic E-state index is 0.112. The third-order valence-electron chi connectivity index (χ3n) is 6.52. The third-order valence-corrected chi connectivity index (χ3v) is 6.52. The smallest absolute Gasteiger partial charge is 0.200 e. The Balaban J connectivity index is 1.36. The Morgan fingerprint density at radius 1 is 0.862 bits per heavy atom. The molecule has 0 atom stereocenters. The Morgan fingerprint density at radius 3 is 1.93 bits per heavy atom. The molecule has 0 amide bonds. The molecule has 0 bridgehead atoms. The second kappa shape index (κ2) is 8.70. The molecule has 0 unspecified atom stereocenters. The quantitative estimate of drug-likeness (QED) is 0.680. The molecule has 0 radical (unpaired) electrons. The number of hydrogen-bond acceptors (Lipinski definition) is 3. The monoisotopic (exact) mass is 401 g/mol. The van der Waals surface area contributed by atoms with Gasteiger partial charge in [-0.25, -0.2) is 8.78 Å². The predicted molar refractivity (Wildman–Crippen MR) is 109 cm³/mol. The normalized spacial score (nSPS) is 18.1. The van der Waals surface area contributed by atoms with Crippen molar-refractivity contribution in [2.45, 2.75) is 38.6 Å². The van der Waals surface area contributed by atoms with Crippen molar-refractivity contribution in [2.75, 3.05) is 27.3 Å². The molecule has 1 aliphatic carbocycles. The van der Waals surface area contributed by atoms with Crippen LogP contribution in [0, 0.1) is 23.5 Å². The molecule has 1 saturated heterocycles. The largest absolute Gasteiger partial charge is 0.490 e. The Kier molecular flexibility index (Phi) is 6.04. The molecule has 1 aliphatic heterocycles. The van der Waals surface area contributed by atoms with Gasteiger partial charge in [-0.2, -0.15) is 0 Å². The Labute approximate surface area is 171 Å². The average Bonchev–Trinajstić information content (AvgIpc) is 3.17. The van der Waals surface area contributed by atoms with E-state index in [1.165, 1.54) is 19.8 Å². The fourth-order valence-corrected chi connectivity index (χ4v) is 5.04. The standard InChI is InChI=1S/C24H29F2NO2/c1-28-23-21(25)19-13-18(14-20(19)22(26)24(23)29-2)12-16-8-10-27(11-9-16)15-17-6-4-3-5-7-17/h3-7,16,18H,8-15H2,1-2H3. The van der Waals surface area contributed by atoms with Crippen LogP contribution < -0.4 is 9.47 Å². The maximum Gasteiger partial charge on any atom is 0.200 e. The van der Waals surface area contributed by atoms with Gasteiger partial charge in [0.05, 0.1) is 14.2 Å². The van der Waals surface area contributed by atoms with E-state index in [1.54, 1.807) is 0 Å². The molecule has 2 aromatic rings. The van der Waals surface area contributed by atoms with E-state index in [2.05, 4.69) is 29.2 Å². The van der Waals surface area contributed by atoms with Crippen molar-refractivity contribution < 1.29 is 18.3 Å². The zero-order chi connectivity index (χ0) is 20.4. The van der Waals surface area contributed by atoms with Gasteiger partial charge < -0.3 is 9.47 Å². The van der Waals surface area contributed by atoms with E-state index in [1.807, 2.05) is 6.07 Å². The summed E-state index contributed by atoms with van der Waals surface area (Å²) >= 11 is 0. The van der Waals surface area contributed by atoms with Crippen molar-refractivity contribution in [3.63, 3.8) is 0 Å². The molecule has 29 heavy (non-hydrogen) atoms. The first kappa shape index (κ1) is 20.1. The Hall–Kier alpha value is -2.14. The van der Waals surface area contributed by atoms with Crippen molar-refractivity contribution in [3.05, 3.63) is 58.7 Å². The van der Waals surface area contributed by atoms with E-state index < -0.39 is 11.6 Å². The van der Waals surface area contributed by atoms with Gasteiger partial charge in [0.25, 0.3) is 0 Å². The minimum atomic E-state index is -0.457. The molecule has 4 rings (SSSR count). The second-order valence-electron chi connectivity index (χ2n) is 8.37. The van der Waals surface area contributed by atoms with Crippen LogP contribution in [0.5, 0.6) is 11.5 Å². The molecule has 1 fully saturated rings. The number of benzene rings is 2. The summed E-state index contributed by atoms with van der Waals surface area (Å²) in [5.74, 6) is -0.230. The summed E-state index contributed by atoms with van der Waals surface area (Å²) < 4.78 is 39.8. The molecule has 156 valence electrons. The van der Waals surface area contributed by atoms with E-state index in [0.717, 1.165) is 38.9 Å². The van der Waals surface area contributed by atoms with Crippen LogP contribution in [0.1, 0.15) is 36.0 Å². The first-order valence-electron chi connectivity index (χ1n) is 10.5. The van der Waals surface area contributed by atoms with Crippen LogP contribution in [0.15, 0.2) is 30.3 Å². The van der Waals surface area contributed by atoms with Crippen molar-refractivity contribution in [3.8, 4) is 11.5 Å². The lowest BCUT2D eigenvalue weighted by Gasteiger charge is -2.33. The molecule has 2 aromatic carbocycles. The van der Waals surface area contributed by atoms with Crippen LogP contribution in [0.4, 0.5) is 8.78 Å². The van der Waals surface area contributed by atoms with E-state index in [9.17, 15) is 8.78 Å². The van der Waals surface area contributed by atoms with Gasteiger partial charge in [-0.15, -0.1) is 0 Å². The molecule has 5 heteroatoms. The van der Waals surface area contributed by atoms with Crippen molar-refractivity contribution in [1.29, 1.82) is 0 Å². The van der Waals surface area contributed by atoms with Crippen molar-refractivity contribution in [1.82, 2.24) is 4.90 Å². The number of halogens is 2. The van der Waals surface area contributed by atoms with Gasteiger partial charge in [-0.3, -0.25) is 4.90 Å². The molecule has 1 heterocycles. The molecule has 2 aliphatic rings. The van der Waals surface area contributed by atoms with E-state index in [0.29, 0.717) is 29.9 Å². The highest BCUT2D eigenvalue weighted by Crippen LogP contribution is 2.44. The summed E-state index contributed by atoms with van der Waals surface area (Å²) in [5.41, 5.74) is 2.31. The third kappa shape index (κ3) is 4.11. The number of rotatable bonds is 6. The SMILES string of the molecule is COc1c(F)c2c(c(F)c1OC)CC(CC1CCN(Cc3ccccc3)CC1)C2. The lowest BCUT2D eigenvalue weighted by molar-refractivity contribution is 0.161. The number of piperidine rings is 1. The highest BCUT2D eigenvalue weighted by atomic mass is 19.1. The lowest BCUT2D eigenvalue weighted by Crippen LogP contribution is -2.33. The van der Waals surface area contributed by atoms with Gasteiger partial charge in [-0.1, -0.05) is 30.3 Å².